The summed E-state index contributed by atoms with van der Waals surface area (Å²) in [6.45, 7) is 1.20. The predicted molar refractivity (Wildman–Crippen MR) is 97.1 cm³/mol. The fraction of sp³-hybridized carbons (Fsp3) is 0.278. The van der Waals surface area contributed by atoms with Crippen LogP contribution >= 0.6 is 0 Å². The van der Waals surface area contributed by atoms with E-state index in [1.165, 1.54) is 0 Å². The third kappa shape index (κ3) is 5.97. The molecule has 0 radical (unpaired) electrons. The topological polar surface area (TPSA) is 84.5 Å². The number of sulfone groups is 1. The molecule has 0 atom stereocenters. The number of carbonyl (C=O) groups excluding carboxylic acids is 1. The standard InChI is InChI=1S/C18H22N2O4S/c1-24-12-11-19-13-18(21)20-17-10-6-5-7-15(17)14-25(22,23)16-8-3-2-4-9-16/h2-10,19H,11-14H2,1H3,(H,20,21). The van der Waals surface area contributed by atoms with Gasteiger partial charge in [0.2, 0.25) is 5.91 Å². The Morgan fingerprint density at radius 2 is 1.72 bits per heavy atom. The highest BCUT2D eigenvalue weighted by Crippen LogP contribution is 2.22. The third-order valence-electron chi connectivity index (χ3n) is 3.51. The zero-order valence-electron chi connectivity index (χ0n) is 14.1. The molecule has 0 heterocycles. The van der Waals surface area contributed by atoms with Crippen LogP contribution in [-0.4, -0.2) is 41.1 Å². The van der Waals surface area contributed by atoms with Gasteiger partial charge in [0.05, 0.1) is 23.8 Å². The molecule has 2 aromatic carbocycles. The second kappa shape index (κ2) is 9.31. The zero-order chi connectivity index (χ0) is 18.1. The Morgan fingerprint density at radius 3 is 2.44 bits per heavy atom. The minimum Gasteiger partial charge on any atom is -0.383 e. The molecule has 0 bridgehead atoms. The Labute approximate surface area is 148 Å². The fourth-order valence-electron chi connectivity index (χ4n) is 2.25. The van der Waals surface area contributed by atoms with Crippen LogP contribution < -0.4 is 10.6 Å². The second-order valence-electron chi connectivity index (χ2n) is 5.45. The molecule has 0 aliphatic carbocycles. The largest absolute Gasteiger partial charge is 0.383 e. The lowest BCUT2D eigenvalue weighted by Gasteiger charge is -2.12. The molecule has 0 aliphatic heterocycles. The van der Waals surface area contributed by atoms with Crippen molar-refractivity contribution >= 4 is 21.4 Å². The molecule has 1 amide bonds. The van der Waals surface area contributed by atoms with Crippen molar-refractivity contribution in [3.05, 3.63) is 60.2 Å². The van der Waals surface area contributed by atoms with Gasteiger partial charge >= 0.3 is 0 Å². The van der Waals surface area contributed by atoms with E-state index < -0.39 is 9.84 Å². The normalized spacial score (nSPS) is 11.2. The Hall–Kier alpha value is -2.22. The molecule has 0 spiro atoms. The first-order valence-corrected chi connectivity index (χ1v) is 9.53. The van der Waals surface area contributed by atoms with E-state index in [1.54, 1.807) is 61.7 Å². The minimum atomic E-state index is -3.48. The first-order valence-electron chi connectivity index (χ1n) is 7.88. The molecule has 0 saturated carbocycles. The van der Waals surface area contributed by atoms with Crippen molar-refractivity contribution in [2.45, 2.75) is 10.6 Å². The van der Waals surface area contributed by atoms with Crippen LogP contribution in [0.1, 0.15) is 5.56 Å². The maximum Gasteiger partial charge on any atom is 0.238 e. The van der Waals surface area contributed by atoms with E-state index in [-0.39, 0.29) is 23.1 Å². The van der Waals surface area contributed by atoms with Gasteiger partial charge in [0.25, 0.3) is 0 Å². The Balaban J connectivity index is 2.07. The summed E-state index contributed by atoms with van der Waals surface area (Å²) < 4.78 is 30.0. The average molecular weight is 362 g/mol. The molecule has 0 fully saturated rings. The number of anilines is 1. The van der Waals surface area contributed by atoms with Crippen molar-refractivity contribution in [2.24, 2.45) is 0 Å². The molecule has 134 valence electrons. The Bertz CT molecular complexity index is 792. The quantitative estimate of drug-likeness (QED) is 0.665. The Kier molecular flexibility index (Phi) is 7.12. The van der Waals surface area contributed by atoms with Crippen molar-refractivity contribution in [2.75, 3.05) is 32.1 Å². The molecule has 0 aromatic heterocycles. The van der Waals surface area contributed by atoms with Crippen molar-refractivity contribution in [3.8, 4) is 0 Å². The molecular formula is C18H22N2O4S. The zero-order valence-corrected chi connectivity index (χ0v) is 14.9. The highest BCUT2D eigenvalue weighted by molar-refractivity contribution is 7.90. The summed E-state index contributed by atoms with van der Waals surface area (Å²) >= 11 is 0. The van der Waals surface area contributed by atoms with Gasteiger partial charge < -0.3 is 15.4 Å². The summed E-state index contributed by atoms with van der Waals surface area (Å²) in [5, 5.41) is 5.70. The van der Waals surface area contributed by atoms with E-state index in [0.29, 0.717) is 24.4 Å². The van der Waals surface area contributed by atoms with Crippen LogP contribution in [0.3, 0.4) is 0 Å². The second-order valence-corrected chi connectivity index (χ2v) is 7.44. The first kappa shape index (κ1) is 19.1. The molecule has 2 aromatic rings. The van der Waals surface area contributed by atoms with Crippen molar-refractivity contribution in [1.82, 2.24) is 5.32 Å². The molecule has 6 nitrogen and oxygen atoms in total. The van der Waals surface area contributed by atoms with Gasteiger partial charge in [-0.3, -0.25) is 4.79 Å². The van der Waals surface area contributed by atoms with Crippen molar-refractivity contribution < 1.29 is 17.9 Å². The fourth-order valence-corrected chi connectivity index (χ4v) is 3.65. The summed E-state index contributed by atoms with van der Waals surface area (Å²) in [5.41, 5.74) is 1.05. The van der Waals surface area contributed by atoms with Crippen LogP contribution in [0.15, 0.2) is 59.5 Å². The maximum atomic E-state index is 12.5. The van der Waals surface area contributed by atoms with Crippen LogP contribution in [0.4, 0.5) is 5.69 Å². The lowest BCUT2D eigenvalue weighted by atomic mass is 10.2. The van der Waals surface area contributed by atoms with E-state index in [1.807, 2.05) is 0 Å². The van der Waals surface area contributed by atoms with Gasteiger partial charge in [0.1, 0.15) is 0 Å². The number of carbonyl (C=O) groups is 1. The smallest absolute Gasteiger partial charge is 0.238 e. The number of ether oxygens (including phenoxy) is 1. The molecule has 2 rings (SSSR count). The summed E-state index contributed by atoms with van der Waals surface area (Å²) in [7, 11) is -1.89. The maximum absolute atomic E-state index is 12.5. The highest BCUT2D eigenvalue weighted by atomic mass is 32.2. The summed E-state index contributed by atoms with van der Waals surface area (Å²) in [4.78, 5) is 12.3. The van der Waals surface area contributed by atoms with Gasteiger partial charge in [-0.15, -0.1) is 0 Å². The number of hydrogen-bond donors (Lipinski definition) is 2. The lowest BCUT2D eigenvalue weighted by Crippen LogP contribution is -2.30. The van der Waals surface area contributed by atoms with Gasteiger partial charge in [0.15, 0.2) is 9.84 Å². The molecule has 2 N–H and O–H groups in total. The monoisotopic (exact) mass is 362 g/mol. The van der Waals surface area contributed by atoms with E-state index in [2.05, 4.69) is 10.6 Å². The number of nitrogens with one attached hydrogen (secondary N) is 2. The van der Waals surface area contributed by atoms with Gasteiger partial charge in [0, 0.05) is 19.3 Å². The number of hydrogen-bond acceptors (Lipinski definition) is 5. The van der Waals surface area contributed by atoms with Gasteiger partial charge in [-0.25, -0.2) is 8.42 Å². The minimum absolute atomic E-state index is 0.128. The average Bonchev–Trinajstić information content (AvgIpc) is 2.61. The van der Waals surface area contributed by atoms with Gasteiger partial charge in [-0.2, -0.15) is 0 Å². The number of amides is 1. The highest BCUT2D eigenvalue weighted by Gasteiger charge is 2.17. The number of benzene rings is 2. The SMILES string of the molecule is COCCNCC(=O)Nc1ccccc1CS(=O)(=O)c1ccccc1. The van der Waals surface area contributed by atoms with Crippen molar-refractivity contribution in [1.29, 1.82) is 0 Å². The molecule has 0 saturated heterocycles. The molecule has 7 heteroatoms. The Morgan fingerprint density at radius 1 is 1.04 bits per heavy atom. The van der Waals surface area contributed by atoms with Crippen LogP contribution in [0, 0.1) is 0 Å². The number of methoxy groups -OCH3 is 1. The van der Waals surface area contributed by atoms with Crippen LogP contribution in [0.2, 0.25) is 0 Å². The third-order valence-corrected chi connectivity index (χ3v) is 5.19. The van der Waals surface area contributed by atoms with Crippen molar-refractivity contribution in [3.63, 3.8) is 0 Å². The lowest BCUT2D eigenvalue weighted by molar-refractivity contribution is -0.115. The summed E-state index contributed by atoms with van der Waals surface area (Å²) in [6.07, 6.45) is 0. The number of para-hydroxylation sites is 1. The van der Waals surface area contributed by atoms with Crippen LogP contribution in [0.25, 0.3) is 0 Å². The molecule has 0 aliphatic rings. The van der Waals surface area contributed by atoms with Crippen LogP contribution in [0.5, 0.6) is 0 Å². The molecule has 25 heavy (non-hydrogen) atoms. The summed E-state index contributed by atoms with van der Waals surface area (Å²) in [5.74, 6) is -0.412. The van der Waals surface area contributed by atoms with E-state index in [9.17, 15) is 13.2 Å². The molecule has 0 unspecified atom stereocenters. The number of rotatable bonds is 9. The van der Waals surface area contributed by atoms with E-state index in [0.717, 1.165) is 0 Å². The van der Waals surface area contributed by atoms with Gasteiger partial charge in [-0.05, 0) is 23.8 Å². The van der Waals surface area contributed by atoms with Crippen LogP contribution in [-0.2, 0) is 25.1 Å². The molecular weight excluding hydrogens is 340 g/mol. The van der Waals surface area contributed by atoms with Gasteiger partial charge in [-0.1, -0.05) is 36.4 Å². The first-order chi connectivity index (χ1) is 12.0. The van der Waals surface area contributed by atoms with E-state index >= 15 is 0 Å². The van der Waals surface area contributed by atoms with E-state index in [4.69, 9.17) is 4.74 Å². The predicted octanol–water partition coefficient (Wildman–Crippen LogP) is 1.83. The summed E-state index contributed by atoms with van der Waals surface area (Å²) in [6, 6.07) is 15.2.